The van der Waals surface area contributed by atoms with Crippen LogP contribution < -0.4 is 0 Å². The minimum absolute atomic E-state index is 0.126. The number of likely N-dealkylation sites (tertiary alicyclic amines) is 1. The van der Waals surface area contributed by atoms with Crippen molar-refractivity contribution < 1.29 is 9.90 Å². The molecule has 14 heavy (non-hydrogen) atoms. The van der Waals surface area contributed by atoms with Gasteiger partial charge in [0.25, 0.3) is 0 Å². The van der Waals surface area contributed by atoms with Gasteiger partial charge in [-0.3, -0.25) is 4.79 Å². The Hall–Kier alpha value is -0.830. The molecule has 0 saturated carbocycles. The second kappa shape index (κ2) is 3.39. The highest BCUT2D eigenvalue weighted by atomic mass is 16.3. The van der Waals surface area contributed by atoms with Crippen molar-refractivity contribution in [2.24, 2.45) is 5.92 Å². The van der Waals surface area contributed by atoms with E-state index in [1.807, 2.05) is 4.90 Å². The lowest BCUT2D eigenvalue weighted by atomic mass is 9.74. The summed E-state index contributed by atoms with van der Waals surface area (Å²) in [5.74, 6) is 0.367. The molecule has 1 N–H and O–H groups in total. The van der Waals surface area contributed by atoms with Gasteiger partial charge in [-0.25, -0.2) is 0 Å². The smallest absolute Gasteiger partial charge is 0.219 e. The minimum Gasteiger partial charge on any atom is -0.389 e. The highest BCUT2D eigenvalue weighted by Crippen LogP contribution is 2.36. The lowest BCUT2D eigenvalue weighted by molar-refractivity contribution is -0.137. The Morgan fingerprint density at radius 3 is 3.07 bits per heavy atom. The first-order valence-electron chi connectivity index (χ1n) is 5.25. The van der Waals surface area contributed by atoms with E-state index in [0.29, 0.717) is 6.54 Å². The number of amides is 1. The van der Waals surface area contributed by atoms with Crippen LogP contribution in [0.2, 0.25) is 0 Å². The molecule has 3 nitrogen and oxygen atoms in total. The first-order chi connectivity index (χ1) is 6.62. The predicted molar refractivity (Wildman–Crippen MR) is 53.7 cm³/mol. The number of piperidine rings is 1. The average molecular weight is 195 g/mol. The normalized spacial score (nSPS) is 36.7. The van der Waals surface area contributed by atoms with Gasteiger partial charge in [-0.2, -0.15) is 0 Å². The molecule has 78 valence electrons. The van der Waals surface area contributed by atoms with E-state index in [-0.39, 0.29) is 11.8 Å². The van der Waals surface area contributed by atoms with Crippen LogP contribution in [0.4, 0.5) is 0 Å². The maximum Gasteiger partial charge on any atom is 0.219 e. The Labute approximate surface area is 84.4 Å². The second-order valence-corrected chi connectivity index (χ2v) is 4.43. The largest absolute Gasteiger partial charge is 0.389 e. The van der Waals surface area contributed by atoms with Gasteiger partial charge in [-0.05, 0) is 19.3 Å². The molecule has 2 atom stereocenters. The Morgan fingerprint density at radius 1 is 1.57 bits per heavy atom. The van der Waals surface area contributed by atoms with Crippen molar-refractivity contribution in [3.05, 3.63) is 12.2 Å². The van der Waals surface area contributed by atoms with Gasteiger partial charge in [0.05, 0.1) is 5.60 Å². The van der Waals surface area contributed by atoms with Crippen LogP contribution in [0.15, 0.2) is 12.2 Å². The third kappa shape index (κ3) is 1.57. The number of rotatable bonds is 0. The minimum atomic E-state index is -0.541. The van der Waals surface area contributed by atoms with Gasteiger partial charge < -0.3 is 10.0 Å². The predicted octanol–water partition coefficient (Wildman–Crippen LogP) is 0.936. The van der Waals surface area contributed by atoms with Crippen LogP contribution in [0, 0.1) is 5.92 Å². The summed E-state index contributed by atoms with van der Waals surface area (Å²) in [6, 6.07) is 0. The van der Waals surface area contributed by atoms with Gasteiger partial charge in [0.2, 0.25) is 5.91 Å². The third-order valence-electron chi connectivity index (χ3n) is 3.52. The zero-order chi connectivity index (χ0) is 10.2. The molecule has 1 heterocycles. The average Bonchev–Trinajstić information content (AvgIpc) is 2.16. The lowest BCUT2D eigenvalue weighted by Crippen LogP contribution is -2.53. The van der Waals surface area contributed by atoms with Crippen LogP contribution in [-0.2, 0) is 4.79 Å². The van der Waals surface area contributed by atoms with Crippen LogP contribution in [0.5, 0.6) is 0 Å². The summed E-state index contributed by atoms with van der Waals surface area (Å²) in [5.41, 5.74) is -0.541. The second-order valence-electron chi connectivity index (χ2n) is 4.43. The Morgan fingerprint density at radius 2 is 2.36 bits per heavy atom. The molecule has 0 radical (unpaired) electrons. The summed E-state index contributed by atoms with van der Waals surface area (Å²) in [7, 11) is 0. The number of hydrogen-bond donors (Lipinski definition) is 1. The zero-order valence-electron chi connectivity index (χ0n) is 8.57. The molecule has 1 aliphatic heterocycles. The molecule has 3 heteroatoms. The van der Waals surface area contributed by atoms with E-state index in [1.54, 1.807) is 6.92 Å². The number of allylic oxidation sites excluding steroid dienone is 1. The fourth-order valence-corrected chi connectivity index (χ4v) is 2.46. The van der Waals surface area contributed by atoms with Crippen molar-refractivity contribution in [2.45, 2.75) is 31.8 Å². The fraction of sp³-hybridized carbons (Fsp3) is 0.727. The van der Waals surface area contributed by atoms with E-state index in [9.17, 15) is 9.90 Å². The monoisotopic (exact) mass is 195 g/mol. The third-order valence-corrected chi connectivity index (χ3v) is 3.52. The number of hydrogen-bond acceptors (Lipinski definition) is 2. The van der Waals surface area contributed by atoms with E-state index < -0.39 is 5.60 Å². The van der Waals surface area contributed by atoms with Crippen LogP contribution >= 0.6 is 0 Å². The molecule has 0 aromatic rings. The van der Waals surface area contributed by atoms with Gasteiger partial charge in [0.1, 0.15) is 0 Å². The summed E-state index contributed by atoms with van der Waals surface area (Å²) in [6.07, 6.45) is 6.55. The summed E-state index contributed by atoms with van der Waals surface area (Å²) in [5, 5.41) is 10.3. The van der Waals surface area contributed by atoms with Crippen LogP contribution in [-0.4, -0.2) is 34.6 Å². The highest BCUT2D eigenvalue weighted by molar-refractivity contribution is 5.73. The number of carbonyl (C=O) groups is 1. The van der Waals surface area contributed by atoms with Crippen molar-refractivity contribution in [3.63, 3.8) is 0 Å². The van der Waals surface area contributed by atoms with Crippen molar-refractivity contribution in [1.29, 1.82) is 0 Å². The van der Waals surface area contributed by atoms with E-state index in [4.69, 9.17) is 0 Å². The molecule has 2 aliphatic rings. The first-order valence-corrected chi connectivity index (χ1v) is 5.25. The van der Waals surface area contributed by atoms with E-state index in [2.05, 4.69) is 12.2 Å². The van der Waals surface area contributed by atoms with Gasteiger partial charge in [-0.1, -0.05) is 12.2 Å². The molecule has 0 spiro atoms. The van der Waals surface area contributed by atoms with E-state index in [0.717, 1.165) is 25.8 Å². The van der Waals surface area contributed by atoms with Crippen LogP contribution in [0.3, 0.4) is 0 Å². The van der Waals surface area contributed by atoms with E-state index in [1.165, 1.54) is 0 Å². The quantitative estimate of drug-likeness (QED) is 0.584. The Balaban J connectivity index is 2.10. The number of aliphatic hydroxyl groups is 1. The Kier molecular flexibility index (Phi) is 2.35. The van der Waals surface area contributed by atoms with Crippen LogP contribution in [0.25, 0.3) is 0 Å². The highest BCUT2D eigenvalue weighted by Gasteiger charge is 2.41. The maximum atomic E-state index is 11.2. The summed E-state index contributed by atoms with van der Waals surface area (Å²) >= 11 is 0. The summed E-state index contributed by atoms with van der Waals surface area (Å²) in [6.45, 7) is 3.02. The number of fused-ring (bicyclic) bond motifs is 1. The van der Waals surface area contributed by atoms with E-state index >= 15 is 0 Å². The van der Waals surface area contributed by atoms with Gasteiger partial charge in [0, 0.05) is 25.9 Å². The molecule has 1 fully saturated rings. The lowest BCUT2D eigenvalue weighted by Gasteiger charge is -2.45. The Bertz CT molecular complexity index is 274. The van der Waals surface area contributed by atoms with Crippen molar-refractivity contribution in [2.75, 3.05) is 13.1 Å². The number of nitrogens with zero attached hydrogens (tertiary/aromatic N) is 1. The van der Waals surface area contributed by atoms with Gasteiger partial charge in [0.15, 0.2) is 0 Å². The standard InChI is InChI=1S/C11H17NO2/c1-9(13)12-7-6-11(14)5-3-2-4-10(11)8-12/h2-3,10,14H,4-8H2,1H3. The molecule has 1 saturated heterocycles. The van der Waals surface area contributed by atoms with Crippen molar-refractivity contribution >= 4 is 5.91 Å². The molecular weight excluding hydrogens is 178 g/mol. The fourth-order valence-electron chi connectivity index (χ4n) is 2.46. The SMILES string of the molecule is CC(=O)N1CCC2(O)CC=CCC2C1. The number of carbonyl (C=O) groups excluding carboxylic acids is 1. The molecule has 1 aliphatic carbocycles. The van der Waals surface area contributed by atoms with Crippen molar-refractivity contribution in [1.82, 2.24) is 4.90 Å². The molecule has 1 amide bonds. The topological polar surface area (TPSA) is 40.5 Å². The first kappa shape index (κ1) is 9.71. The van der Waals surface area contributed by atoms with Crippen LogP contribution in [0.1, 0.15) is 26.2 Å². The summed E-state index contributed by atoms with van der Waals surface area (Å²) in [4.78, 5) is 13.0. The molecular formula is C11H17NO2. The molecule has 0 bridgehead atoms. The van der Waals surface area contributed by atoms with Gasteiger partial charge in [-0.15, -0.1) is 0 Å². The summed E-state index contributed by atoms with van der Waals surface area (Å²) < 4.78 is 0. The zero-order valence-corrected chi connectivity index (χ0v) is 8.57. The molecule has 0 aromatic heterocycles. The van der Waals surface area contributed by atoms with Gasteiger partial charge >= 0.3 is 0 Å². The maximum absolute atomic E-state index is 11.2. The van der Waals surface area contributed by atoms with Crippen molar-refractivity contribution in [3.8, 4) is 0 Å². The molecule has 2 unspecified atom stereocenters. The molecule has 2 rings (SSSR count). The molecule has 0 aromatic carbocycles.